The normalized spacial score (nSPS) is 17.1. The summed E-state index contributed by atoms with van der Waals surface area (Å²) >= 11 is 3.28. The lowest BCUT2D eigenvalue weighted by Crippen LogP contribution is -2.46. The van der Waals surface area contributed by atoms with E-state index in [1.165, 1.54) is 5.56 Å². The van der Waals surface area contributed by atoms with Gasteiger partial charge in [0.05, 0.1) is 21.4 Å². The van der Waals surface area contributed by atoms with Crippen molar-refractivity contribution in [3.8, 4) is 11.3 Å². The molecule has 1 amide bonds. The van der Waals surface area contributed by atoms with Crippen molar-refractivity contribution in [3.05, 3.63) is 69.5 Å². The van der Waals surface area contributed by atoms with E-state index in [2.05, 4.69) is 56.9 Å². The molecule has 1 aromatic carbocycles. The quantitative estimate of drug-likeness (QED) is 0.475. The molecule has 5 rings (SSSR count). The molecule has 158 valence electrons. The molecule has 5 nitrogen and oxygen atoms in total. The van der Waals surface area contributed by atoms with Crippen LogP contribution >= 0.6 is 22.7 Å². The molecule has 0 bridgehead atoms. The molecule has 4 heterocycles. The maximum absolute atomic E-state index is 13.0. The molecule has 1 fully saturated rings. The van der Waals surface area contributed by atoms with E-state index in [4.69, 9.17) is 0 Å². The van der Waals surface area contributed by atoms with Gasteiger partial charge < -0.3 is 10.2 Å². The number of pyridine rings is 1. The minimum Gasteiger partial charge on any atom is -0.347 e. The molecular formula is C24H24N4OS2. The first-order chi connectivity index (χ1) is 15.2. The van der Waals surface area contributed by atoms with Gasteiger partial charge in [0.25, 0.3) is 5.91 Å². The van der Waals surface area contributed by atoms with Crippen LogP contribution in [0.2, 0.25) is 0 Å². The van der Waals surface area contributed by atoms with Crippen molar-refractivity contribution >= 4 is 38.8 Å². The van der Waals surface area contributed by atoms with E-state index in [0.29, 0.717) is 5.69 Å². The molecule has 0 spiro atoms. The van der Waals surface area contributed by atoms with Crippen molar-refractivity contribution in [2.75, 3.05) is 20.1 Å². The van der Waals surface area contributed by atoms with Gasteiger partial charge in [-0.05, 0) is 61.5 Å². The Morgan fingerprint density at radius 3 is 2.90 bits per heavy atom. The van der Waals surface area contributed by atoms with Crippen LogP contribution in [0.4, 0.5) is 0 Å². The largest absolute Gasteiger partial charge is 0.347 e. The Balaban J connectivity index is 1.38. The number of likely N-dealkylation sites (N-methyl/N-ethyl adjacent to an activating group) is 1. The number of piperidine rings is 1. The number of rotatable bonds is 5. The smallest absolute Gasteiger partial charge is 0.270 e. The molecule has 1 atom stereocenters. The fourth-order valence-electron chi connectivity index (χ4n) is 4.18. The average Bonchev–Trinajstić information content (AvgIpc) is 3.46. The second kappa shape index (κ2) is 8.86. The lowest BCUT2D eigenvalue weighted by atomic mass is 10.0. The third-order valence-corrected chi connectivity index (χ3v) is 7.32. The van der Waals surface area contributed by atoms with Crippen LogP contribution in [-0.2, 0) is 6.42 Å². The monoisotopic (exact) mass is 448 g/mol. The number of aromatic nitrogens is 2. The van der Waals surface area contributed by atoms with E-state index in [0.717, 1.165) is 59.4 Å². The number of nitrogens with zero attached hydrogens (tertiary/aromatic N) is 3. The van der Waals surface area contributed by atoms with Crippen LogP contribution < -0.4 is 5.32 Å². The van der Waals surface area contributed by atoms with Crippen molar-refractivity contribution in [2.45, 2.75) is 25.3 Å². The van der Waals surface area contributed by atoms with Crippen molar-refractivity contribution in [3.63, 3.8) is 0 Å². The summed E-state index contributed by atoms with van der Waals surface area (Å²) in [4.78, 5) is 24.3. The first-order valence-electron chi connectivity index (χ1n) is 10.5. The maximum Gasteiger partial charge on any atom is 0.270 e. The van der Waals surface area contributed by atoms with E-state index >= 15 is 0 Å². The van der Waals surface area contributed by atoms with Crippen LogP contribution in [0.3, 0.4) is 0 Å². The fourth-order valence-corrected chi connectivity index (χ4v) is 5.59. The van der Waals surface area contributed by atoms with Gasteiger partial charge in [0.15, 0.2) is 0 Å². The summed E-state index contributed by atoms with van der Waals surface area (Å²) in [5, 5.41) is 7.29. The highest BCUT2D eigenvalue weighted by atomic mass is 32.1. The summed E-state index contributed by atoms with van der Waals surface area (Å²) in [5.74, 6) is -0.0754. The predicted molar refractivity (Wildman–Crippen MR) is 128 cm³/mol. The summed E-state index contributed by atoms with van der Waals surface area (Å²) in [6, 6.07) is 12.7. The summed E-state index contributed by atoms with van der Waals surface area (Å²) in [7, 11) is 2.10. The molecule has 0 radical (unpaired) electrons. The highest BCUT2D eigenvalue weighted by Gasteiger charge is 2.21. The summed E-state index contributed by atoms with van der Waals surface area (Å²) in [5.41, 5.74) is 7.74. The van der Waals surface area contributed by atoms with Crippen molar-refractivity contribution in [2.24, 2.45) is 0 Å². The molecule has 0 aliphatic carbocycles. The number of hydrogen-bond acceptors (Lipinski definition) is 6. The number of fused-ring (bicyclic) bond motifs is 1. The summed E-state index contributed by atoms with van der Waals surface area (Å²) < 4.78 is 1.15. The van der Waals surface area contributed by atoms with Gasteiger partial charge in [-0.1, -0.05) is 24.3 Å². The third kappa shape index (κ3) is 4.54. The predicted octanol–water partition coefficient (Wildman–Crippen LogP) is 4.83. The highest BCUT2D eigenvalue weighted by Crippen LogP contribution is 2.27. The second-order valence-corrected chi connectivity index (χ2v) is 9.76. The number of likely N-dealkylation sites (tertiary alicyclic amines) is 1. The number of nitrogens with one attached hydrogen (secondary N) is 1. The van der Waals surface area contributed by atoms with Gasteiger partial charge in [-0.2, -0.15) is 0 Å². The van der Waals surface area contributed by atoms with Crippen molar-refractivity contribution in [1.82, 2.24) is 20.2 Å². The Morgan fingerprint density at radius 1 is 1.26 bits per heavy atom. The van der Waals surface area contributed by atoms with E-state index < -0.39 is 0 Å². The number of carbonyl (C=O) groups is 1. The van der Waals surface area contributed by atoms with Gasteiger partial charge in [-0.25, -0.2) is 9.97 Å². The van der Waals surface area contributed by atoms with E-state index in [-0.39, 0.29) is 11.9 Å². The van der Waals surface area contributed by atoms with E-state index in [1.54, 1.807) is 22.7 Å². The average molecular weight is 449 g/mol. The minimum atomic E-state index is -0.0754. The molecule has 1 aliphatic rings. The molecule has 0 saturated carbocycles. The third-order valence-electron chi connectivity index (χ3n) is 5.76. The van der Waals surface area contributed by atoms with Crippen molar-refractivity contribution < 1.29 is 4.79 Å². The number of benzene rings is 1. The van der Waals surface area contributed by atoms with Crippen molar-refractivity contribution in [1.29, 1.82) is 0 Å². The fraction of sp³-hybridized carbons (Fsp3) is 0.292. The van der Waals surface area contributed by atoms with E-state index in [1.807, 2.05) is 23.0 Å². The Labute approximate surface area is 189 Å². The van der Waals surface area contributed by atoms with Crippen LogP contribution in [0.5, 0.6) is 0 Å². The zero-order valence-electron chi connectivity index (χ0n) is 17.4. The lowest BCUT2D eigenvalue weighted by Gasteiger charge is -2.30. The standard InChI is InChI=1S/C24H24N4OS2/c1-28-9-2-3-19(13-28)26-24(29)21-12-18(23-20(27-21)8-10-31-23)11-16-4-6-17(7-5-16)22-14-30-15-25-22/h4-8,10,12,14-15,19H,2-3,9,11,13H2,1H3,(H,26,29). The molecule has 3 aromatic heterocycles. The first-order valence-corrected chi connectivity index (χ1v) is 12.3. The Kier molecular flexibility index (Phi) is 5.80. The molecule has 31 heavy (non-hydrogen) atoms. The molecule has 1 unspecified atom stereocenters. The number of thiazole rings is 1. The number of thiophene rings is 1. The Hall–Kier alpha value is -2.61. The number of amides is 1. The molecule has 1 aliphatic heterocycles. The molecule has 4 aromatic rings. The van der Waals surface area contributed by atoms with Gasteiger partial charge in [0, 0.05) is 23.5 Å². The van der Waals surface area contributed by atoms with Crippen LogP contribution in [0, 0.1) is 0 Å². The van der Waals surface area contributed by atoms with Gasteiger partial charge in [0.2, 0.25) is 0 Å². The van der Waals surface area contributed by atoms with Gasteiger partial charge in [0.1, 0.15) is 5.69 Å². The van der Waals surface area contributed by atoms with Crippen LogP contribution in [0.15, 0.2) is 52.7 Å². The molecule has 1 N–H and O–H groups in total. The van der Waals surface area contributed by atoms with Crippen LogP contribution in [0.1, 0.15) is 34.5 Å². The second-order valence-electron chi connectivity index (χ2n) is 8.12. The SMILES string of the molecule is CN1CCCC(NC(=O)c2cc(Cc3ccc(-c4cscn4)cc3)c3sccc3n2)C1. The Bertz CT molecular complexity index is 1180. The first kappa shape index (κ1) is 20.3. The topological polar surface area (TPSA) is 58.1 Å². The molecule has 1 saturated heterocycles. The molecule has 7 heteroatoms. The molecular weight excluding hydrogens is 424 g/mol. The number of carbonyl (C=O) groups excluding carboxylic acids is 1. The van der Waals surface area contributed by atoms with Gasteiger partial charge in [-0.15, -0.1) is 22.7 Å². The van der Waals surface area contributed by atoms with E-state index in [9.17, 15) is 4.79 Å². The summed E-state index contributed by atoms with van der Waals surface area (Å²) in [6.07, 6.45) is 2.90. The lowest BCUT2D eigenvalue weighted by molar-refractivity contribution is 0.0907. The van der Waals surface area contributed by atoms with Crippen LogP contribution in [-0.4, -0.2) is 47.0 Å². The zero-order chi connectivity index (χ0) is 21.2. The van der Waals surface area contributed by atoms with Crippen LogP contribution in [0.25, 0.3) is 21.5 Å². The van der Waals surface area contributed by atoms with Gasteiger partial charge >= 0.3 is 0 Å². The maximum atomic E-state index is 13.0. The highest BCUT2D eigenvalue weighted by molar-refractivity contribution is 7.17. The minimum absolute atomic E-state index is 0.0754. The summed E-state index contributed by atoms with van der Waals surface area (Å²) in [6.45, 7) is 1.99. The van der Waals surface area contributed by atoms with Gasteiger partial charge in [-0.3, -0.25) is 4.79 Å². The zero-order valence-corrected chi connectivity index (χ0v) is 19.0. The Morgan fingerprint density at radius 2 is 2.13 bits per heavy atom. The number of hydrogen-bond donors (Lipinski definition) is 1.